The van der Waals surface area contributed by atoms with Crippen molar-refractivity contribution in [3.8, 4) is 5.75 Å². The van der Waals surface area contributed by atoms with Gasteiger partial charge in [0.2, 0.25) is 5.52 Å². The largest absolute Gasteiger partial charge is 0.504 e. The Labute approximate surface area is 95.5 Å². The molecule has 1 aromatic rings. The second-order valence-electron chi connectivity index (χ2n) is 3.07. The monoisotopic (exact) mass is 284 g/mol. The Kier molecular flexibility index (Phi) is 3.93. The Balaban J connectivity index is 3.09. The molecule has 0 saturated carbocycles. The lowest BCUT2D eigenvalue weighted by molar-refractivity contribution is 0.343. The predicted octanol–water partition coefficient (Wildman–Crippen LogP) is -0.162. The summed E-state index contributed by atoms with van der Waals surface area (Å²) in [4.78, 5) is 38.7. The molecular weight excluding hydrogens is 274 g/mol. The van der Waals surface area contributed by atoms with E-state index in [1.54, 1.807) is 0 Å². The molecular formula is C6H10N2O7P2. The molecule has 9 nitrogen and oxygen atoms in total. The van der Waals surface area contributed by atoms with Crippen molar-refractivity contribution in [1.29, 1.82) is 0 Å². The molecule has 0 spiro atoms. The van der Waals surface area contributed by atoms with Gasteiger partial charge in [-0.25, -0.2) is 4.98 Å². The van der Waals surface area contributed by atoms with Crippen LogP contribution in [0.5, 0.6) is 5.75 Å². The first kappa shape index (κ1) is 14.1. The lowest BCUT2D eigenvalue weighted by atomic mass is 10.4. The van der Waals surface area contributed by atoms with E-state index in [0.29, 0.717) is 0 Å². The molecule has 0 atom stereocenters. The summed E-state index contributed by atoms with van der Waals surface area (Å²) >= 11 is 0. The Morgan fingerprint density at radius 2 is 1.71 bits per heavy atom. The maximum absolute atomic E-state index is 10.9. The standard InChI is InChI=1S/C6H10N2O7P2/c9-4-2-1-3-7-5(4)8-6(16(10,11)12)17(13,14)15/h1-3,6,9H,(H,7,8)(H2,10,11,12)(H2,13,14,15). The minimum atomic E-state index is -5.11. The summed E-state index contributed by atoms with van der Waals surface area (Å²) in [6.45, 7) is 0. The highest BCUT2D eigenvalue weighted by atomic mass is 31.2. The first-order valence-corrected chi connectivity index (χ1v) is 7.49. The molecule has 0 aliphatic rings. The van der Waals surface area contributed by atoms with Gasteiger partial charge in [-0.2, -0.15) is 0 Å². The molecule has 0 aromatic carbocycles. The molecule has 11 heteroatoms. The topological polar surface area (TPSA) is 160 Å². The van der Waals surface area contributed by atoms with E-state index < -0.39 is 32.3 Å². The number of hydrogen-bond acceptors (Lipinski definition) is 5. The molecule has 1 aromatic heterocycles. The first-order chi connectivity index (χ1) is 7.62. The van der Waals surface area contributed by atoms with Crippen LogP contribution in [0.4, 0.5) is 5.82 Å². The van der Waals surface area contributed by atoms with Gasteiger partial charge in [0.25, 0.3) is 0 Å². The summed E-state index contributed by atoms with van der Waals surface area (Å²) in [5, 5.41) is 11.1. The van der Waals surface area contributed by atoms with Crippen molar-refractivity contribution in [2.45, 2.75) is 5.52 Å². The van der Waals surface area contributed by atoms with E-state index in [4.69, 9.17) is 19.6 Å². The molecule has 0 fully saturated rings. The van der Waals surface area contributed by atoms with Crippen LogP contribution in [0.1, 0.15) is 0 Å². The van der Waals surface area contributed by atoms with E-state index in [9.17, 15) is 14.2 Å². The Hall–Kier alpha value is -0.950. The van der Waals surface area contributed by atoms with Gasteiger partial charge in [-0.1, -0.05) is 0 Å². The molecule has 1 rings (SSSR count). The maximum atomic E-state index is 10.9. The second kappa shape index (κ2) is 4.73. The zero-order valence-electron chi connectivity index (χ0n) is 8.20. The van der Waals surface area contributed by atoms with E-state index in [2.05, 4.69) is 4.98 Å². The van der Waals surface area contributed by atoms with E-state index in [-0.39, 0.29) is 0 Å². The summed E-state index contributed by atoms with van der Waals surface area (Å²) in [5.74, 6) is -0.913. The smallest absolute Gasteiger partial charge is 0.360 e. The van der Waals surface area contributed by atoms with Gasteiger partial charge in [0.1, 0.15) is 0 Å². The summed E-state index contributed by atoms with van der Waals surface area (Å²) < 4.78 is 21.8. The number of hydrogen-bond donors (Lipinski definition) is 6. The van der Waals surface area contributed by atoms with E-state index in [0.717, 1.165) is 6.07 Å². The molecule has 0 saturated heterocycles. The van der Waals surface area contributed by atoms with Crippen LogP contribution in [0.25, 0.3) is 0 Å². The number of nitrogens with one attached hydrogen (secondary N) is 1. The van der Waals surface area contributed by atoms with Crippen molar-refractivity contribution in [2.75, 3.05) is 5.32 Å². The number of aromatic hydroxyl groups is 1. The van der Waals surface area contributed by atoms with Crippen LogP contribution in [0, 0.1) is 0 Å². The zero-order valence-corrected chi connectivity index (χ0v) is 9.99. The third-order valence-electron chi connectivity index (χ3n) is 1.69. The van der Waals surface area contributed by atoms with Crippen molar-refractivity contribution in [3.63, 3.8) is 0 Å². The van der Waals surface area contributed by atoms with Gasteiger partial charge in [0.05, 0.1) is 0 Å². The fraction of sp³-hybridized carbons (Fsp3) is 0.167. The second-order valence-corrected chi connectivity index (χ2v) is 6.86. The average Bonchev–Trinajstić information content (AvgIpc) is 2.12. The van der Waals surface area contributed by atoms with Gasteiger partial charge >= 0.3 is 15.2 Å². The molecule has 1 heterocycles. The molecule has 0 bridgehead atoms. The molecule has 96 valence electrons. The van der Waals surface area contributed by atoms with Crippen LogP contribution in [-0.4, -0.2) is 35.2 Å². The highest BCUT2D eigenvalue weighted by Gasteiger charge is 2.44. The van der Waals surface area contributed by atoms with Crippen LogP contribution >= 0.6 is 15.2 Å². The molecule has 6 N–H and O–H groups in total. The fourth-order valence-electron chi connectivity index (χ4n) is 0.994. The highest BCUT2D eigenvalue weighted by molar-refractivity contribution is 7.71. The Morgan fingerprint density at radius 3 is 2.12 bits per heavy atom. The zero-order chi connectivity index (χ0) is 13.3. The van der Waals surface area contributed by atoms with Crippen molar-refractivity contribution >= 4 is 21.0 Å². The van der Waals surface area contributed by atoms with Gasteiger partial charge in [-0.3, -0.25) is 9.13 Å². The molecule has 17 heavy (non-hydrogen) atoms. The maximum Gasteiger partial charge on any atom is 0.360 e. The van der Waals surface area contributed by atoms with Crippen LogP contribution in [0.3, 0.4) is 0 Å². The van der Waals surface area contributed by atoms with Crippen molar-refractivity contribution in [1.82, 2.24) is 4.98 Å². The summed E-state index contributed by atoms with van der Waals surface area (Å²) in [7, 11) is -10.2. The van der Waals surface area contributed by atoms with Gasteiger partial charge < -0.3 is 30.0 Å². The Morgan fingerprint density at radius 1 is 1.18 bits per heavy atom. The third kappa shape index (κ3) is 3.78. The lowest BCUT2D eigenvalue weighted by Gasteiger charge is -2.21. The predicted molar refractivity (Wildman–Crippen MR) is 57.4 cm³/mol. The van der Waals surface area contributed by atoms with Crippen LogP contribution in [0.2, 0.25) is 0 Å². The molecule has 0 unspecified atom stereocenters. The minimum absolute atomic E-state index is 0.427. The van der Waals surface area contributed by atoms with Crippen LogP contribution in [-0.2, 0) is 9.13 Å². The number of pyridine rings is 1. The lowest BCUT2D eigenvalue weighted by Crippen LogP contribution is -2.20. The summed E-state index contributed by atoms with van der Waals surface area (Å²) in [6.07, 6.45) is 1.18. The molecule has 0 aliphatic heterocycles. The highest BCUT2D eigenvalue weighted by Crippen LogP contribution is 2.59. The SMILES string of the molecule is O=P(O)(O)C(Nc1ncccc1O)P(=O)(O)O. The molecule has 0 amide bonds. The van der Waals surface area contributed by atoms with Gasteiger partial charge in [0, 0.05) is 6.20 Å². The number of rotatable bonds is 4. The normalized spacial score (nSPS) is 12.8. The fourth-order valence-corrected chi connectivity index (χ4v) is 3.14. The van der Waals surface area contributed by atoms with Crippen molar-refractivity contribution in [3.05, 3.63) is 18.3 Å². The van der Waals surface area contributed by atoms with E-state index >= 15 is 0 Å². The summed E-state index contributed by atoms with van der Waals surface area (Å²) in [6, 6.07) is 2.48. The van der Waals surface area contributed by atoms with E-state index in [1.165, 1.54) is 12.3 Å². The van der Waals surface area contributed by atoms with E-state index in [1.807, 2.05) is 5.32 Å². The molecule has 0 aliphatic carbocycles. The average molecular weight is 284 g/mol. The number of anilines is 1. The minimum Gasteiger partial charge on any atom is -0.504 e. The van der Waals surface area contributed by atoms with Gasteiger partial charge in [-0.05, 0) is 12.1 Å². The summed E-state index contributed by atoms with van der Waals surface area (Å²) in [5.41, 5.74) is -2.45. The van der Waals surface area contributed by atoms with Crippen LogP contribution < -0.4 is 5.32 Å². The van der Waals surface area contributed by atoms with Crippen LogP contribution in [0.15, 0.2) is 18.3 Å². The van der Waals surface area contributed by atoms with Gasteiger partial charge in [-0.15, -0.1) is 0 Å². The first-order valence-electron chi connectivity index (χ1n) is 4.13. The Bertz CT molecular complexity index is 473. The number of nitrogens with zero attached hydrogens (tertiary/aromatic N) is 1. The quantitative estimate of drug-likeness (QED) is 0.412. The van der Waals surface area contributed by atoms with Crippen molar-refractivity contribution in [2.24, 2.45) is 0 Å². The van der Waals surface area contributed by atoms with Gasteiger partial charge in [0.15, 0.2) is 11.6 Å². The third-order valence-corrected chi connectivity index (χ3v) is 5.03. The number of aromatic nitrogens is 1. The molecule has 0 radical (unpaired) electrons. The van der Waals surface area contributed by atoms with Crippen molar-refractivity contribution < 1.29 is 33.8 Å².